The third-order valence-corrected chi connectivity index (χ3v) is 2.98. The van der Waals surface area contributed by atoms with E-state index in [1.807, 2.05) is 32.0 Å². The van der Waals surface area contributed by atoms with E-state index in [0.29, 0.717) is 5.56 Å². The first-order valence-corrected chi connectivity index (χ1v) is 6.13. The van der Waals surface area contributed by atoms with Crippen molar-refractivity contribution in [2.45, 2.75) is 13.8 Å². The Bertz CT molecular complexity index is 588. The molecule has 0 saturated heterocycles. The van der Waals surface area contributed by atoms with E-state index >= 15 is 0 Å². The van der Waals surface area contributed by atoms with Crippen LogP contribution in [0.5, 0.6) is 5.75 Å². The van der Waals surface area contributed by atoms with Gasteiger partial charge in [-0.1, -0.05) is 17.7 Å². The Morgan fingerprint density at radius 2 is 1.74 bits per heavy atom. The first-order valence-electron chi connectivity index (χ1n) is 6.13. The summed E-state index contributed by atoms with van der Waals surface area (Å²) in [7, 11) is 1.60. The van der Waals surface area contributed by atoms with Gasteiger partial charge in [0.2, 0.25) is 0 Å². The van der Waals surface area contributed by atoms with Crippen molar-refractivity contribution in [1.82, 2.24) is 0 Å². The molecule has 0 saturated carbocycles. The van der Waals surface area contributed by atoms with Gasteiger partial charge in [0.05, 0.1) is 7.11 Å². The lowest BCUT2D eigenvalue weighted by atomic mass is 10.1. The number of rotatable bonds is 3. The molecule has 0 fully saturated rings. The summed E-state index contributed by atoms with van der Waals surface area (Å²) >= 11 is 0. The third-order valence-electron chi connectivity index (χ3n) is 2.98. The first-order chi connectivity index (χ1) is 9.10. The molecule has 2 rings (SSSR count). The molecule has 19 heavy (non-hydrogen) atoms. The highest BCUT2D eigenvalue weighted by Gasteiger charge is 2.07. The van der Waals surface area contributed by atoms with E-state index in [9.17, 15) is 4.79 Å². The Labute approximate surface area is 113 Å². The summed E-state index contributed by atoms with van der Waals surface area (Å²) in [6, 6.07) is 13.0. The highest BCUT2D eigenvalue weighted by molar-refractivity contribution is 6.04. The second-order valence-electron chi connectivity index (χ2n) is 4.50. The van der Waals surface area contributed by atoms with Crippen LogP contribution in [-0.4, -0.2) is 13.0 Å². The normalized spacial score (nSPS) is 10.1. The predicted molar refractivity (Wildman–Crippen MR) is 76.9 cm³/mol. The van der Waals surface area contributed by atoms with Crippen molar-refractivity contribution in [3.63, 3.8) is 0 Å². The molecule has 0 aliphatic carbocycles. The van der Waals surface area contributed by atoms with Crippen molar-refractivity contribution in [3.8, 4) is 5.75 Å². The number of hydrogen-bond acceptors (Lipinski definition) is 2. The number of anilines is 1. The number of ether oxygens (including phenoxy) is 1. The number of methoxy groups -OCH3 is 1. The average Bonchev–Trinajstić information content (AvgIpc) is 2.42. The minimum atomic E-state index is -0.116. The minimum absolute atomic E-state index is 0.116. The largest absolute Gasteiger partial charge is 0.497 e. The van der Waals surface area contributed by atoms with Crippen molar-refractivity contribution >= 4 is 11.6 Å². The number of nitrogens with one attached hydrogen (secondary N) is 1. The highest BCUT2D eigenvalue weighted by atomic mass is 16.5. The zero-order chi connectivity index (χ0) is 13.8. The van der Waals surface area contributed by atoms with Crippen LogP contribution in [0.15, 0.2) is 42.5 Å². The Hall–Kier alpha value is -2.29. The van der Waals surface area contributed by atoms with E-state index in [0.717, 1.165) is 17.0 Å². The molecule has 0 spiro atoms. The standard InChI is InChI=1S/C16H17NO2/c1-11-4-9-15(12(2)10-11)17-16(18)13-5-7-14(19-3)8-6-13/h4-10H,1-3H3,(H,17,18). The quantitative estimate of drug-likeness (QED) is 0.910. The van der Waals surface area contributed by atoms with Gasteiger partial charge in [0.1, 0.15) is 5.75 Å². The Morgan fingerprint density at radius 3 is 2.32 bits per heavy atom. The molecule has 0 aromatic heterocycles. The van der Waals surface area contributed by atoms with Crippen LogP contribution in [0.1, 0.15) is 21.5 Å². The van der Waals surface area contributed by atoms with Crippen LogP contribution < -0.4 is 10.1 Å². The lowest BCUT2D eigenvalue weighted by Gasteiger charge is -2.09. The van der Waals surface area contributed by atoms with Crippen LogP contribution in [0.4, 0.5) is 5.69 Å². The first kappa shape index (κ1) is 13.1. The van der Waals surface area contributed by atoms with Gasteiger partial charge < -0.3 is 10.1 Å². The van der Waals surface area contributed by atoms with Gasteiger partial charge in [0.25, 0.3) is 5.91 Å². The lowest BCUT2D eigenvalue weighted by molar-refractivity contribution is 0.102. The van der Waals surface area contributed by atoms with Gasteiger partial charge in [0, 0.05) is 11.3 Å². The molecule has 0 atom stereocenters. The summed E-state index contributed by atoms with van der Waals surface area (Å²) in [5, 5.41) is 2.91. The molecule has 2 aromatic carbocycles. The van der Waals surface area contributed by atoms with Crippen molar-refractivity contribution in [3.05, 3.63) is 59.2 Å². The van der Waals surface area contributed by atoms with Gasteiger partial charge in [-0.3, -0.25) is 4.79 Å². The van der Waals surface area contributed by atoms with Crippen LogP contribution in [-0.2, 0) is 0 Å². The summed E-state index contributed by atoms with van der Waals surface area (Å²) in [4.78, 5) is 12.1. The number of carbonyl (C=O) groups excluding carboxylic acids is 1. The number of benzene rings is 2. The number of aryl methyl sites for hydroxylation is 2. The molecule has 1 N–H and O–H groups in total. The lowest BCUT2D eigenvalue weighted by Crippen LogP contribution is -2.12. The third kappa shape index (κ3) is 3.13. The smallest absolute Gasteiger partial charge is 0.255 e. The Kier molecular flexibility index (Phi) is 3.85. The molecule has 3 heteroatoms. The summed E-state index contributed by atoms with van der Waals surface area (Å²) in [5.41, 5.74) is 3.69. The van der Waals surface area contributed by atoms with E-state index < -0.39 is 0 Å². The Morgan fingerprint density at radius 1 is 1.05 bits per heavy atom. The molecule has 3 nitrogen and oxygen atoms in total. The highest BCUT2D eigenvalue weighted by Crippen LogP contribution is 2.18. The van der Waals surface area contributed by atoms with Crippen molar-refractivity contribution in [1.29, 1.82) is 0 Å². The van der Waals surface area contributed by atoms with Crippen LogP contribution >= 0.6 is 0 Å². The number of amides is 1. The van der Waals surface area contributed by atoms with E-state index in [-0.39, 0.29) is 5.91 Å². The second kappa shape index (κ2) is 5.57. The topological polar surface area (TPSA) is 38.3 Å². The summed E-state index contributed by atoms with van der Waals surface area (Å²) in [5.74, 6) is 0.623. The summed E-state index contributed by atoms with van der Waals surface area (Å²) in [6.45, 7) is 4.01. The SMILES string of the molecule is COc1ccc(C(=O)Nc2ccc(C)cc2C)cc1. The van der Waals surface area contributed by atoms with Gasteiger partial charge in [-0.2, -0.15) is 0 Å². The van der Waals surface area contributed by atoms with Gasteiger partial charge in [-0.05, 0) is 49.7 Å². The maximum Gasteiger partial charge on any atom is 0.255 e. The van der Waals surface area contributed by atoms with E-state index in [1.165, 1.54) is 5.56 Å². The van der Waals surface area contributed by atoms with E-state index in [1.54, 1.807) is 31.4 Å². The zero-order valence-electron chi connectivity index (χ0n) is 11.4. The molecular formula is C16H17NO2. The zero-order valence-corrected chi connectivity index (χ0v) is 11.4. The van der Waals surface area contributed by atoms with Crippen LogP contribution in [0.3, 0.4) is 0 Å². The maximum atomic E-state index is 12.1. The molecule has 0 bridgehead atoms. The Balaban J connectivity index is 2.15. The fourth-order valence-corrected chi connectivity index (χ4v) is 1.89. The van der Waals surface area contributed by atoms with Gasteiger partial charge in [0.15, 0.2) is 0 Å². The van der Waals surface area contributed by atoms with Crippen LogP contribution in [0.2, 0.25) is 0 Å². The second-order valence-corrected chi connectivity index (χ2v) is 4.50. The van der Waals surface area contributed by atoms with Gasteiger partial charge in [-0.25, -0.2) is 0 Å². The molecule has 0 unspecified atom stereocenters. The molecular weight excluding hydrogens is 238 g/mol. The molecule has 0 aliphatic rings. The predicted octanol–water partition coefficient (Wildman–Crippen LogP) is 3.56. The van der Waals surface area contributed by atoms with Crippen LogP contribution in [0.25, 0.3) is 0 Å². The van der Waals surface area contributed by atoms with Crippen molar-refractivity contribution in [2.75, 3.05) is 12.4 Å². The van der Waals surface area contributed by atoms with E-state index in [2.05, 4.69) is 5.32 Å². The molecule has 0 radical (unpaired) electrons. The summed E-state index contributed by atoms with van der Waals surface area (Å²) < 4.78 is 5.07. The molecule has 2 aromatic rings. The van der Waals surface area contributed by atoms with Crippen molar-refractivity contribution in [2.24, 2.45) is 0 Å². The molecule has 0 aliphatic heterocycles. The summed E-state index contributed by atoms with van der Waals surface area (Å²) in [6.07, 6.45) is 0. The van der Waals surface area contributed by atoms with Crippen LogP contribution in [0, 0.1) is 13.8 Å². The van der Waals surface area contributed by atoms with Gasteiger partial charge in [-0.15, -0.1) is 0 Å². The average molecular weight is 255 g/mol. The molecule has 98 valence electrons. The van der Waals surface area contributed by atoms with E-state index in [4.69, 9.17) is 4.74 Å². The van der Waals surface area contributed by atoms with Crippen molar-refractivity contribution < 1.29 is 9.53 Å². The number of carbonyl (C=O) groups is 1. The fourth-order valence-electron chi connectivity index (χ4n) is 1.89. The monoisotopic (exact) mass is 255 g/mol. The minimum Gasteiger partial charge on any atom is -0.497 e. The fraction of sp³-hybridized carbons (Fsp3) is 0.188. The maximum absolute atomic E-state index is 12.1. The molecule has 1 amide bonds. The number of hydrogen-bond donors (Lipinski definition) is 1. The van der Waals surface area contributed by atoms with Gasteiger partial charge >= 0.3 is 0 Å². The molecule has 0 heterocycles.